The third kappa shape index (κ3) is 5.15. The molecule has 1 aliphatic rings. The highest BCUT2D eigenvalue weighted by atomic mass is 32.2. The second-order valence-electron chi connectivity index (χ2n) is 8.57. The van der Waals surface area contributed by atoms with Crippen LogP contribution in [0.2, 0.25) is 0 Å². The molecule has 180 valence electrons. The summed E-state index contributed by atoms with van der Waals surface area (Å²) in [5.74, 6) is -0.0582. The molecule has 1 saturated heterocycles. The Kier molecular flexibility index (Phi) is 7.04. The first-order valence-electron chi connectivity index (χ1n) is 11.4. The highest BCUT2D eigenvalue weighted by Crippen LogP contribution is 2.31. The molecule has 34 heavy (non-hydrogen) atoms. The number of carbonyl (C=O) groups excluding carboxylic acids is 1. The first-order valence-corrected chi connectivity index (χ1v) is 12.8. The molecule has 0 atom stereocenters. The number of nitrogens with zero attached hydrogens (tertiary/aromatic N) is 3. The van der Waals surface area contributed by atoms with Gasteiger partial charge in [-0.2, -0.15) is 9.40 Å². The monoisotopic (exact) mass is 482 g/mol. The van der Waals surface area contributed by atoms with Crippen LogP contribution in [0.5, 0.6) is 5.75 Å². The number of hydrogen-bond donors (Lipinski definition) is 1. The van der Waals surface area contributed by atoms with E-state index >= 15 is 0 Å². The molecule has 8 nitrogen and oxygen atoms in total. The Morgan fingerprint density at radius 2 is 1.82 bits per heavy atom. The molecule has 0 aliphatic carbocycles. The summed E-state index contributed by atoms with van der Waals surface area (Å²) in [6, 6.07) is 14.0. The lowest BCUT2D eigenvalue weighted by molar-refractivity contribution is 0.102. The van der Waals surface area contributed by atoms with E-state index in [0.29, 0.717) is 30.9 Å². The molecule has 0 saturated carbocycles. The molecular weight excluding hydrogens is 452 g/mol. The molecule has 9 heteroatoms. The van der Waals surface area contributed by atoms with Crippen LogP contribution in [0.15, 0.2) is 53.4 Å². The summed E-state index contributed by atoms with van der Waals surface area (Å²) in [5.41, 5.74) is 3.82. The number of carbonyl (C=O) groups is 1. The lowest BCUT2D eigenvalue weighted by Crippen LogP contribution is -2.35. The molecule has 3 aromatic rings. The van der Waals surface area contributed by atoms with Gasteiger partial charge in [-0.15, -0.1) is 0 Å². The molecule has 1 aromatic heterocycles. The third-order valence-electron chi connectivity index (χ3n) is 5.98. The zero-order valence-electron chi connectivity index (χ0n) is 19.7. The minimum Gasteiger partial charge on any atom is -0.495 e. The zero-order chi connectivity index (χ0) is 24.3. The van der Waals surface area contributed by atoms with Gasteiger partial charge in [-0.05, 0) is 68.7 Å². The SMILES string of the molecule is COc1ccc(NC(=O)c2cccc(Cn3nc(C)cc3C)c2)cc1S(=O)(=O)N1CCCCC1. The van der Waals surface area contributed by atoms with Crippen molar-refractivity contribution in [2.24, 2.45) is 0 Å². The predicted octanol–water partition coefficient (Wildman–Crippen LogP) is 3.98. The molecule has 0 spiro atoms. The maximum Gasteiger partial charge on any atom is 0.255 e. The fraction of sp³-hybridized carbons (Fsp3) is 0.360. The summed E-state index contributed by atoms with van der Waals surface area (Å²) in [6.45, 7) is 5.48. The van der Waals surface area contributed by atoms with E-state index in [1.165, 1.54) is 17.5 Å². The van der Waals surface area contributed by atoms with Crippen LogP contribution < -0.4 is 10.1 Å². The largest absolute Gasteiger partial charge is 0.495 e. The van der Waals surface area contributed by atoms with Gasteiger partial charge in [-0.3, -0.25) is 9.48 Å². The summed E-state index contributed by atoms with van der Waals surface area (Å²) in [6.07, 6.45) is 2.70. The Labute approximate surface area is 200 Å². The van der Waals surface area contributed by atoms with Crippen LogP contribution in [-0.4, -0.2) is 48.6 Å². The van der Waals surface area contributed by atoms with E-state index in [1.807, 2.05) is 42.8 Å². The van der Waals surface area contributed by atoms with Crippen molar-refractivity contribution >= 4 is 21.6 Å². The van der Waals surface area contributed by atoms with E-state index < -0.39 is 10.0 Å². The number of piperidine rings is 1. The van der Waals surface area contributed by atoms with Gasteiger partial charge in [0.1, 0.15) is 10.6 Å². The zero-order valence-corrected chi connectivity index (χ0v) is 20.6. The van der Waals surface area contributed by atoms with E-state index in [-0.39, 0.29) is 16.6 Å². The average molecular weight is 483 g/mol. The van der Waals surface area contributed by atoms with Crippen molar-refractivity contribution < 1.29 is 17.9 Å². The van der Waals surface area contributed by atoms with Gasteiger partial charge in [0.15, 0.2) is 0 Å². The summed E-state index contributed by atoms with van der Waals surface area (Å²) < 4.78 is 35.2. The number of amides is 1. The van der Waals surface area contributed by atoms with Crippen molar-refractivity contribution in [3.05, 3.63) is 71.0 Å². The van der Waals surface area contributed by atoms with Crippen LogP contribution in [0.25, 0.3) is 0 Å². The molecule has 1 aliphatic heterocycles. The van der Waals surface area contributed by atoms with E-state index in [9.17, 15) is 13.2 Å². The number of nitrogens with one attached hydrogen (secondary N) is 1. The van der Waals surface area contributed by atoms with Gasteiger partial charge in [-0.25, -0.2) is 8.42 Å². The molecular formula is C25H30N4O4S. The van der Waals surface area contributed by atoms with E-state index in [2.05, 4.69) is 10.4 Å². The molecule has 1 fully saturated rings. The molecule has 0 bridgehead atoms. The Hall–Kier alpha value is -3.17. The summed E-state index contributed by atoms with van der Waals surface area (Å²) in [4.78, 5) is 13.0. The molecule has 0 unspecified atom stereocenters. The second kappa shape index (κ2) is 9.99. The molecule has 2 heterocycles. The highest BCUT2D eigenvalue weighted by Gasteiger charge is 2.29. The number of anilines is 1. The highest BCUT2D eigenvalue weighted by molar-refractivity contribution is 7.89. The topological polar surface area (TPSA) is 93.5 Å². The molecule has 2 aromatic carbocycles. The number of aromatic nitrogens is 2. The number of sulfonamides is 1. The fourth-order valence-electron chi connectivity index (χ4n) is 4.22. The fourth-order valence-corrected chi connectivity index (χ4v) is 5.92. The average Bonchev–Trinajstić information content (AvgIpc) is 3.16. The van der Waals surface area contributed by atoms with Gasteiger partial charge in [0.2, 0.25) is 10.0 Å². The first-order chi connectivity index (χ1) is 16.3. The van der Waals surface area contributed by atoms with Crippen LogP contribution in [-0.2, 0) is 16.6 Å². The molecule has 4 rings (SSSR count). The van der Waals surface area contributed by atoms with Crippen LogP contribution in [0, 0.1) is 13.8 Å². The lowest BCUT2D eigenvalue weighted by atomic mass is 10.1. The van der Waals surface area contributed by atoms with Crippen LogP contribution in [0.1, 0.15) is 46.6 Å². The van der Waals surface area contributed by atoms with E-state index in [1.54, 1.807) is 18.2 Å². The molecule has 1 amide bonds. The number of benzene rings is 2. The standard InChI is InChI=1S/C25H30N4O4S/c1-18-14-19(2)29(27-18)17-20-8-7-9-21(15-20)25(30)26-22-10-11-23(33-3)24(16-22)34(31,32)28-12-5-4-6-13-28/h7-11,14-16H,4-6,12-13,17H2,1-3H3,(H,26,30). The predicted molar refractivity (Wildman–Crippen MR) is 131 cm³/mol. The van der Waals surface area contributed by atoms with Crippen LogP contribution in [0.3, 0.4) is 0 Å². The normalized spacial score (nSPS) is 14.7. The summed E-state index contributed by atoms with van der Waals surface area (Å²) in [7, 11) is -2.28. The smallest absolute Gasteiger partial charge is 0.255 e. The second-order valence-corrected chi connectivity index (χ2v) is 10.5. The van der Waals surface area contributed by atoms with Crippen molar-refractivity contribution in [2.45, 2.75) is 44.6 Å². The Balaban J connectivity index is 1.55. The summed E-state index contributed by atoms with van der Waals surface area (Å²) in [5, 5.41) is 7.31. The van der Waals surface area contributed by atoms with E-state index in [0.717, 1.165) is 36.2 Å². The van der Waals surface area contributed by atoms with Gasteiger partial charge in [0, 0.05) is 30.0 Å². The van der Waals surface area contributed by atoms with Gasteiger partial charge < -0.3 is 10.1 Å². The number of hydrogen-bond acceptors (Lipinski definition) is 5. The van der Waals surface area contributed by atoms with Crippen molar-refractivity contribution in [3.63, 3.8) is 0 Å². The van der Waals surface area contributed by atoms with Crippen molar-refractivity contribution in [3.8, 4) is 5.75 Å². The maximum absolute atomic E-state index is 13.2. The Morgan fingerprint density at radius 3 is 2.50 bits per heavy atom. The quantitative estimate of drug-likeness (QED) is 0.550. The van der Waals surface area contributed by atoms with Crippen LogP contribution >= 0.6 is 0 Å². The lowest BCUT2D eigenvalue weighted by Gasteiger charge is -2.26. The van der Waals surface area contributed by atoms with Crippen molar-refractivity contribution in [2.75, 3.05) is 25.5 Å². The minimum absolute atomic E-state index is 0.0629. The van der Waals surface area contributed by atoms with Gasteiger partial charge in [0.05, 0.1) is 19.3 Å². The first kappa shape index (κ1) is 24.0. The maximum atomic E-state index is 13.2. The Bertz CT molecular complexity index is 1290. The van der Waals surface area contributed by atoms with Gasteiger partial charge >= 0.3 is 0 Å². The van der Waals surface area contributed by atoms with E-state index in [4.69, 9.17) is 4.74 Å². The third-order valence-corrected chi connectivity index (χ3v) is 7.90. The summed E-state index contributed by atoms with van der Waals surface area (Å²) >= 11 is 0. The molecule has 1 N–H and O–H groups in total. The number of methoxy groups -OCH3 is 1. The van der Waals surface area contributed by atoms with Crippen LogP contribution in [0.4, 0.5) is 5.69 Å². The van der Waals surface area contributed by atoms with Crippen molar-refractivity contribution in [1.82, 2.24) is 14.1 Å². The number of aryl methyl sites for hydroxylation is 2. The van der Waals surface area contributed by atoms with Gasteiger partial charge in [0.25, 0.3) is 5.91 Å². The Morgan fingerprint density at radius 1 is 1.06 bits per heavy atom. The number of rotatable bonds is 7. The van der Waals surface area contributed by atoms with Gasteiger partial charge in [-0.1, -0.05) is 18.6 Å². The number of ether oxygens (including phenoxy) is 1. The van der Waals surface area contributed by atoms with Crippen molar-refractivity contribution in [1.29, 1.82) is 0 Å². The minimum atomic E-state index is -3.72. The molecule has 0 radical (unpaired) electrons.